The maximum Gasteiger partial charge on any atom is 0.257 e. The lowest BCUT2D eigenvalue weighted by molar-refractivity contribution is -0.126. The summed E-state index contributed by atoms with van der Waals surface area (Å²) in [4.78, 5) is 29.5. The van der Waals surface area contributed by atoms with E-state index in [1.807, 2.05) is 49.3 Å². The van der Waals surface area contributed by atoms with Gasteiger partial charge in [0.05, 0.1) is 17.5 Å². The molecule has 0 aromatic heterocycles. The molecule has 2 aromatic rings. The quantitative estimate of drug-likeness (QED) is 0.815. The highest BCUT2D eigenvalue weighted by Gasteiger charge is 2.36. The van der Waals surface area contributed by atoms with E-state index < -0.39 is 5.82 Å². The third-order valence-corrected chi connectivity index (χ3v) is 5.36. The second-order valence-corrected chi connectivity index (χ2v) is 7.73. The van der Waals surface area contributed by atoms with Gasteiger partial charge in [0.25, 0.3) is 5.91 Å². The Hall–Kier alpha value is -2.73. The van der Waals surface area contributed by atoms with Crippen molar-refractivity contribution < 1.29 is 14.0 Å². The fourth-order valence-electron chi connectivity index (χ4n) is 3.77. The van der Waals surface area contributed by atoms with Crippen molar-refractivity contribution in [3.05, 3.63) is 71.5 Å². The van der Waals surface area contributed by atoms with Gasteiger partial charge in [0, 0.05) is 19.6 Å². The van der Waals surface area contributed by atoms with Crippen molar-refractivity contribution in [1.82, 2.24) is 15.1 Å². The Bertz CT molecular complexity index is 841. The van der Waals surface area contributed by atoms with Crippen molar-refractivity contribution >= 4 is 11.8 Å². The first-order chi connectivity index (χ1) is 14.0. The molecule has 5 nitrogen and oxygen atoms in total. The molecule has 2 unspecified atom stereocenters. The topological polar surface area (TPSA) is 52.7 Å². The van der Waals surface area contributed by atoms with E-state index >= 15 is 0 Å². The number of likely N-dealkylation sites (N-methyl/N-ethyl adjacent to an activating group) is 1. The van der Waals surface area contributed by atoms with Gasteiger partial charge in [-0.1, -0.05) is 42.5 Å². The molecule has 0 spiro atoms. The van der Waals surface area contributed by atoms with E-state index in [0.717, 1.165) is 12.1 Å². The average Bonchev–Trinajstić information content (AvgIpc) is 2.73. The normalized spacial score (nSPS) is 19.2. The fourth-order valence-corrected chi connectivity index (χ4v) is 3.77. The molecule has 0 bridgehead atoms. The number of hydrogen-bond donors (Lipinski definition) is 1. The van der Waals surface area contributed by atoms with Gasteiger partial charge in [0.15, 0.2) is 0 Å². The second kappa shape index (κ2) is 9.65. The SMILES string of the molecule is CN(C)CCNC(=O)C1CCC(c2ccccc2)N(C(=O)c2ccccc2F)C1. The molecule has 3 rings (SSSR count). The van der Waals surface area contributed by atoms with E-state index in [1.165, 1.54) is 12.1 Å². The minimum absolute atomic E-state index is 0.0436. The lowest BCUT2D eigenvalue weighted by atomic mass is 9.87. The monoisotopic (exact) mass is 397 g/mol. The number of likely N-dealkylation sites (tertiary alicyclic amines) is 1. The summed E-state index contributed by atoms with van der Waals surface area (Å²) in [6, 6.07) is 15.6. The summed E-state index contributed by atoms with van der Waals surface area (Å²) in [6.07, 6.45) is 1.35. The number of nitrogens with zero attached hydrogens (tertiary/aromatic N) is 2. The van der Waals surface area contributed by atoms with Gasteiger partial charge < -0.3 is 15.1 Å². The van der Waals surface area contributed by atoms with Gasteiger partial charge in [-0.2, -0.15) is 0 Å². The Morgan fingerprint density at radius 3 is 2.45 bits per heavy atom. The Labute approximate surface area is 171 Å². The Balaban J connectivity index is 1.81. The first kappa shape index (κ1) is 21.0. The molecule has 6 heteroatoms. The third kappa shape index (κ3) is 5.21. The first-order valence-electron chi connectivity index (χ1n) is 10.00. The van der Waals surface area contributed by atoms with Crippen LogP contribution in [0.3, 0.4) is 0 Å². The number of nitrogens with one attached hydrogen (secondary N) is 1. The minimum atomic E-state index is -0.540. The predicted octanol–water partition coefficient (Wildman–Crippen LogP) is 3.10. The third-order valence-electron chi connectivity index (χ3n) is 5.36. The van der Waals surface area contributed by atoms with Gasteiger partial charge in [-0.25, -0.2) is 4.39 Å². The number of piperidine rings is 1. The van der Waals surface area contributed by atoms with Crippen LogP contribution in [0.1, 0.15) is 34.8 Å². The van der Waals surface area contributed by atoms with E-state index in [1.54, 1.807) is 17.0 Å². The van der Waals surface area contributed by atoms with Crippen LogP contribution in [0.2, 0.25) is 0 Å². The van der Waals surface area contributed by atoms with Gasteiger partial charge in [0.2, 0.25) is 5.91 Å². The number of benzene rings is 2. The summed E-state index contributed by atoms with van der Waals surface area (Å²) >= 11 is 0. The molecular formula is C23H28FN3O2. The molecule has 1 heterocycles. The van der Waals surface area contributed by atoms with Gasteiger partial charge >= 0.3 is 0 Å². The van der Waals surface area contributed by atoms with E-state index in [4.69, 9.17) is 0 Å². The van der Waals surface area contributed by atoms with Crippen molar-refractivity contribution in [3.63, 3.8) is 0 Å². The Morgan fingerprint density at radius 1 is 1.07 bits per heavy atom. The zero-order valence-electron chi connectivity index (χ0n) is 17.0. The second-order valence-electron chi connectivity index (χ2n) is 7.73. The summed E-state index contributed by atoms with van der Waals surface area (Å²) in [5.41, 5.74) is 1.05. The molecule has 1 aliphatic rings. The van der Waals surface area contributed by atoms with Crippen LogP contribution < -0.4 is 5.32 Å². The summed E-state index contributed by atoms with van der Waals surface area (Å²) in [5.74, 6) is -1.26. The van der Waals surface area contributed by atoms with Gasteiger partial charge in [-0.05, 0) is 44.6 Å². The molecule has 1 fully saturated rings. The van der Waals surface area contributed by atoms with Crippen LogP contribution in [0.4, 0.5) is 4.39 Å². The molecule has 2 amide bonds. The van der Waals surface area contributed by atoms with Crippen molar-refractivity contribution in [1.29, 1.82) is 0 Å². The van der Waals surface area contributed by atoms with E-state index in [-0.39, 0.29) is 35.9 Å². The van der Waals surface area contributed by atoms with Gasteiger partial charge in [-0.15, -0.1) is 0 Å². The number of carbonyl (C=O) groups excluding carboxylic acids is 2. The maximum absolute atomic E-state index is 14.3. The number of carbonyl (C=O) groups is 2. The van der Waals surface area contributed by atoms with Crippen LogP contribution in [0.25, 0.3) is 0 Å². The maximum atomic E-state index is 14.3. The molecule has 29 heavy (non-hydrogen) atoms. The van der Waals surface area contributed by atoms with Gasteiger partial charge in [0.1, 0.15) is 5.82 Å². The van der Waals surface area contributed by atoms with Gasteiger partial charge in [-0.3, -0.25) is 9.59 Å². The van der Waals surface area contributed by atoms with E-state index in [9.17, 15) is 14.0 Å². The molecule has 154 valence electrons. The molecule has 1 N–H and O–H groups in total. The molecule has 1 saturated heterocycles. The van der Waals surface area contributed by atoms with Crippen molar-refractivity contribution in [2.24, 2.45) is 5.92 Å². The van der Waals surface area contributed by atoms with Crippen LogP contribution in [-0.2, 0) is 4.79 Å². The fraction of sp³-hybridized carbons (Fsp3) is 0.391. The van der Waals surface area contributed by atoms with Crippen LogP contribution in [0.15, 0.2) is 54.6 Å². The standard InChI is InChI=1S/C23H28FN3O2/c1-26(2)15-14-25-22(28)18-12-13-21(17-8-4-3-5-9-17)27(16-18)23(29)19-10-6-7-11-20(19)24/h3-11,18,21H,12-16H2,1-2H3,(H,25,28). The summed E-state index contributed by atoms with van der Waals surface area (Å²) in [5, 5.41) is 2.96. The highest BCUT2D eigenvalue weighted by molar-refractivity contribution is 5.95. The zero-order chi connectivity index (χ0) is 20.8. The average molecular weight is 397 g/mol. The lowest BCUT2D eigenvalue weighted by Crippen LogP contribution is -2.47. The smallest absolute Gasteiger partial charge is 0.257 e. The first-order valence-corrected chi connectivity index (χ1v) is 10.00. The highest BCUT2D eigenvalue weighted by Crippen LogP contribution is 2.34. The van der Waals surface area contributed by atoms with Crippen molar-refractivity contribution in [3.8, 4) is 0 Å². The molecule has 1 aliphatic heterocycles. The number of halogens is 1. The van der Waals surface area contributed by atoms with Crippen molar-refractivity contribution in [2.75, 3.05) is 33.7 Å². The number of rotatable bonds is 6. The van der Waals surface area contributed by atoms with Crippen LogP contribution in [-0.4, -0.2) is 55.3 Å². The number of hydrogen-bond acceptors (Lipinski definition) is 3. The van der Waals surface area contributed by atoms with E-state index in [2.05, 4.69) is 5.32 Å². The zero-order valence-corrected chi connectivity index (χ0v) is 17.0. The van der Waals surface area contributed by atoms with Crippen LogP contribution >= 0.6 is 0 Å². The minimum Gasteiger partial charge on any atom is -0.355 e. The van der Waals surface area contributed by atoms with Crippen LogP contribution in [0, 0.1) is 11.7 Å². The molecule has 2 atom stereocenters. The van der Waals surface area contributed by atoms with E-state index in [0.29, 0.717) is 19.4 Å². The Morgan fingerprint density at radius 2 is 1.76 bits per heavy atom. The Kier molecular flexibility index (Phi) is 6.99. The molecule has 2 aromatic carbocycles. The number of amides is 2. The molecular weight excluding hydrogens is 369 g/mol. The van der Waals surface area contributed by atoms with Crippen LogP contribution in [0.5, 0.6) is 0 Å². The summed E-state index contributed by atoms with van der Waals surface area (Å²) < 4.78 is 14.3. The summed E-state index contributed by atoms with van der Waals surface area (Å²) in [6.45, 7) is 1.59. The summed E-state index contributed by atoms with van der Waals surface area (Å²) in [7, 11) is 3.90. The largest absolute Gasteiger partial charge is 0.355 e. The molecule has 0 saturated carbocycles. The van der Waals surface area contributed by atoms with Crippen molar-refractivity contribution in [2.45, 2.75) is 18.9 Å². The predicted molar refractivity (Wildman–Crippen MR) is 111 cm³/mol. The molecule has 0 aliphatic carbocycles. The highest BCUT2D eigenvalue weighted by atomic mass is 19.1. The lowest BCUT2D eigenvalue weighted by Gasteiger charge is -2.39. The molecule has 0 radical (unpaired) electrons.